The van der Waals surface area contributed by atoms with Gasteiger partial charge in [0, 0.05) is 12.6 Å². The van der Waals surface area contributed by atoms with Gasteiger partial charge in [-0.1, -0.05) is 12.2 Å². The molecular formula is C17H17FN2O4. The van der Waals surface area contributed by atoms with Gasteiger partial charge >= 0.3 is 5.97 Å². The van der Waals surface area contributed by atoms with Crippen molar-refractivity contribution in [3.8, 4) is 0 Å². The summed E-state index contributed by atoms with van der Waals surface area (Å²) in [4.78, 5) is 35.1. The molecular weight excluding hydrogens is 315 g/mol. The topological polar surface area (TPSA) is 95.5 Å². The number of hydrogen-bond acceptors (Lipinski definition) is 3. The number of carboxylic acids is 1. The van der Waals surface area contributed by atoms with Crippen LogP contribution in [0.15, 0.2) is 30.4 Å². The molecule has 0 heterocycles. The Kier molecular flexibility index (Phi) is 4.09. The number of halogens is 1. The highest BCUT2D eigenvalue weighted by Gasteiger charge is 2.51. The molecule has 2 bridgehead atoms. The van der Waals surface area contributed by atoms with Crippen molar-refractivity contribution in [1.82, 2.24) is 0 Å². The first-order valence-corrected chi connectivity index (χ1v) is 7.66. The van der Waals surface area contributed by atoms with Crippen molar-refractivity contribution in [2.24, 2.45) is 23.7 Å². The molecule has 2 amide bonds. The smallest absolute Gasteiger partial charge is 0.307 e. The Morgan fingerprint density at radius 1 is 1.12 bits per heavy atom. The van der Waals surface area contributed by atoms with Crippen LogP contribution in [0, 0.1) is 29.5 Å². The number of carboxylic acid groups (broad SMARTS) is 1. The number of carbonyl (C=O) groups excluding carboxylic acids is 2. The molecule has 3 N–H and O–H groups in total. The fourth-order valence-electron chi connectivity index (χ4n) is 3.63. The summed E-state index contributed by atoms with van der Waals surface area (Å²) in [5, 5.41) is 14.4. The highest BCUT2D eigenvalue weighted by molar-refractivity contribution is 5.97. The van der Waals surface area contributed by atoms with E-state index in [2.05, 4.69) is 10.6 Å². The lowest BCUT2D eigenvalue weighted by Crippen LogP contribution is -2.36. The maximum absolute atomic E-state index is 13.6. The Balaban J connectivity index is 1.79. The number of hydrogen-bond donors (Lipinski definition) is 3. The van der Waals surface area contributed by atoms with E-state index in [4.69, 9.17) is 0 Å². The molecule has 1 aromatic rings. The zero-order valence-corrected chi connectivity index (χ0v) is 13.0. The van der Waals surface area contributed by atoms with Crippen LogP contribution in [-0.2, 0) is 14.4 Å². The molecule has 0 radical (unpaired) electrons. The van der Waals surface area contributed by atoms with Gasteiger partial charge in [-0.2, -0.15) is 0 Å². The van der Waals surface area contributed by atoms with Crippen LogP contribution in [0.2, 0.25) is 0 Å². The number of benzene rings is 1. The van der Waals surface area contributed by atoms with E-state index in [0.717, 1.165) is 6.07 Å². The number of anilines is 2. The predicted octanol–water partition coefficient (Wildman–Crippen LogP) is 2.25. The van der Waals surface area contributed by atoms with Gasteiger partial charge in [0.05, 0.1) is 17.5 Å². The minimum atomic E-state index is -0.981. The minimum Gasteiger partial charge on any atom is -0.481 e. The molecule has 0 spiro atoms. The van der Waals surface area contributed by atoms with Gasteiger partial charge in [-0.05, 0) is 36.5 Å². The third kappa shape index (κ3) is 2.89. The van der Waals surface area contributed by atoms with Gasteiger partial charge in [-0.25, -0.2) is 4.39 Å². The third-order valence-corrected chi connectivity index (χ3v) is 4.59. The van der Waals surface area contributed by atoms with E-state index in [0.29, 0.717) is 12.1 Å². The summed E-state index contributed by atoms with van der Waals surface area (Å²) in [6.45, 7) is 1.25. The number of aliphatic carboxylic acids is 1. The number of carbonyl (C=O) groups is 3. The van der Waals surface area contributed by atoms with Crippen LogP contribution in [0.5, 0.6) is 0 Å². The number of fused-ring (bicyclic) bond motifs is 2. The molecule has 0 unspecified atom stereocenters. The van der Waals surface area contributed by atoms with Crippen molar-refractivity contribution < 1.29 is 23.9 Å². The van der Waals surface area contributed by atoms with Gasteiger partial charge in [0.1, 0.15) is 5.82 Å². The van der Waals surface area contributed by atoms with E-state index in [1.165, 1.54) is 19.1 Å². The van der Waals surface area contributed by atoms with Crippen LogP contribution >= 0.6 is 0 Å². The molecule has 2 aliphatic rings. The van der Waals surface area contributed by atoms with Crippen LogP contribution in [-0.4, -0.2) is 22.9 Å². The van der Waals surface area contributed by atoms with Crippen LogP contribution in [0.3, 0.4) is 0 Å². The lowest BCUT2D eigenvalue weighted by Gasteiger charge is -2.24. The van der Waals surface area contributed by atoms with Crippen molar-refractivity contribution in [2.75, 3.05) is 10.6 Å². The second-order valence-electron chi connectivity index (χ2n) is 6.20. The molecule has 2 aliphatic carbocycles. The van der Waals surface area contributed by atoms with Crippen molar-refractivity contribution in [3.63, 3.8) is 0 Å². The first-order chi connectivity index (χ1) is 11.4. The monoisotopic (exact) mass is 332 g/mol. The fraction of sp³-hybridized carbons (Fsp3) is 0.353. The second-order valence-corrected chi connectivity index (χ2v) is 6.20. The number of rotatable bonds is 4. The maximum atomic E-state index is 13.6. The quantitative estimate of drug-likeness (QED) is 0.737. The van der Waals surface area contributed by atoms with Crippen molar-refractivity contribution in [1.29, 1.82) is 0 Å². The zero-order valence-electron chi connectivity index (χ0n) is 13.0. The van der Waals surface area contributed by atoms with Gasteiger partial charge in [0.15, 0.2) is 0 Å². The summed E-state index contributed by atoms with van der Waals surface area (Å²) in [6.07, 6.45) is 4.41. The summed E-state index contributed by atoms with van der Waals surface area (Å²) < 4.78 is 13.6. The lowest BCUT2D eigenvalue weighted by atomic mass is 9.82. The average Bonchev–Trinajstić information content (AvgIpc) is 3.10. The van der Waals surface area contributed by atoms with Crippen LogP contribution in [0.4, 0.5) is 15.8 Å². The van der Waals surface area contributed by atoms with Gasteiger partial charge in [-0.15, -0.1) is 0 Å². The first-order valence-electron chi connectivity index (χ1n) is 7.66. The Hall–Kier alpha value is -2.70. The molecule has 24 heavy (non-hydrogen) atoms. The van der Waals surface area contributed by atoms with E-state index in [-0.39, 0.29) is 17.5 Å². The maximum Gasteiger partial charge on any atom is 0.307 e. The number of allylic oxidation sites excluding steroid dienone is 2. The third-order valence-electron chi connectivity index (χ3n) is 4.59. The largest absolute Gasteiger partial charge is 0.481 e. The Bertz CT molecular complexity index is 746. The molecule has 1 saturated carbocycles. The number of nitrogens with one attached hydrogen (secondary N) is 2. The minimum absolute atomic E-state index is 0.0390. The molecule has 6 nitrogen and oxygen atoms in total. The van der Waals surface area contributed by atoms with Crippen molar-refractivity contribution >= 4 is 29.2 Å². The van der Waals surface area contributed by atoms with Crippen molar-refractivity contribution in [2.45, 2.75) is 13.3 Å². The van der Waals surface area contributed by atoms with Crippen molar-refractivity contribution in [3.05, 3.63) is 36.2 Å². The second kappa shape index (κ2) is 6.07. The Morgan fingerprint density at radius 2 is 1.79 bits per heavy atom. The molecule has 1 fully saturated rings. The van der Waals surface area contributed by atoms with Gasteiger partial charge in [0.2, 0.25) is 11.8 Å². The predicted molar refractivity (Wildman–Crippen MR) is 84.7 cm³/mol. The highest BCUT2D eigenvalue weighted by atomic mass is 19.1. The van der Waals surface area contributed by atoms with E-state index < -0.39 is 35.4 Å². The van der Waals surface area contributed by atoms with Gasteiger partial charge in [0.25, 0.3) is 0 Å². The summed E-state index contributed by atoms with van der Waals surface area (Å²) in [6, 6.07) is 3.82. The van der Waals surface area contributed by atoms with Gasteiger partial charge in [-0.3, -0.25) is 14.4 Å². The Labute approximate surface area is 137 Å². The first kappa shape index (κ1) is 16.2. The van der Waals surface area contributed by atoms with E-state index in [1.54, 1.807) is 0 Å². The number of amides is 2. The molecule has 4 atom stereocenters. The van der Waals surface area contributed by atoms with Gasteiger partial charge < -0.3 is 15.7 Å². The molecule has 0 saturated heterocycles. The molecule has 0 aliphatic heterocycles. The average molecular weight is 332 g/mol. The standard InChI is InChI=1S/C17H17FN2O4/c1-8(21)19-13-7-11(4-5-12(13)18)20-16(22)14-9-2-3-10(6-9)15(14)17(23)24/h2-5,7,9-10,14-15H,6H2,1H3,(H,19,21)(H,20,22)(H,23,24)/t9-,10-,14+,15+/m0/s1. The zero-order chi connectivity index (χ0) is 17.4. The molecule has 1 aromatic carbocycles. The van der Waals surface area contributed by atoms with Crippen LogP contribution < -0.4 is 10.6 Å². The SMILES string of the molecule is CC(=O)Nc1cc(NC(=O)[C@H]2[C@H](C(=O)O)[C@H]3C=C[C@H]2C3)ccc1F. The lowest BCUT2D eigenvalue weighted by molar-refractivity contribution is -0.146. The summed E-state index contributed by atoms with van der Waals surface area (Å²) in [5.74, 6) is -4.03. The van der Waals surface area contributed by atoms with Crippen LogP contribution in [0.1, 0.15) is 13.3 Å². The summed E-state index contributed by atoms with van der Waals surface area (Å²) >= 11 is 0. The summed E-state index contributed by atoms with van der Waals surface area (Å²) in [7, 11) is 0. The van der Waals surface area contributed by atoms with E-state index >= 15 is 0 Å². The molecule has 3 rings (SSSR count). The fourth-order valence-corrected chi connectivity index (χ4v) is 3.63. The normalized spacial score (nSPS) is 27.1. The van der Waals surface area contributed by atoms with E-state index in [9.17, 15) is 23.9 Å². The Morgan fingerprint density at radius 3 is 2.42 bits per heavy atom. The van der Waals surface area contributed by atoms with Crippen LogP contribution in [0.25, 0.3) is 0 Å². The highest BCUT2D eigenvalue weighted by Crippen LogP contribution is 2.48. The molecule has 7 heteroatoms. The molecule has 126 valence electrons. The summed E-state index contributed by atoms with van der Waals surface area (Å²) in [5.41, 5.74) is 0.268. The van der Waals surface area contributed by atoms with E-state index in [1.807, 2.05) is 12.2 Å². The molecule has 0 aromatic heterocycles.